The molecule has 2 unspecified atom stereocenters. The second kappa shape index (κ2) is 8.29. The first kappa shape index (κ1) is 19.0. The summed E-state index contributed by atoms with van der Waals surface area (Å²) >= 11 is 0. The first-order valence-corrected chi connectivity index (χ1v) is 8.42. The van der Waals surface area contributed by atoms with E-state index in [9.17, 15) is 0 Å². The van der Waals surface area contributed by atoms with Crippen molar-refractivity contribution < 1.29 is 4.74 Å². The Balaban J connectivity index is 4.93. The Morgan fingerprint density at radius 1 is 0.737 bits per heavy atom. The van der Waals surface area contributed by atoms with E-state index >= 15 is 0 Å². The molecular formula is C18H38O. The molecular weight excluding hydrogens is 232 g/mol. The number of ether oxygens (including phenoxy) is 1. The first-order chi connectivity index (χ1) is 8.72. The monoisotopic (exact) mass is 270 g/mol. The van der Waals surface area contributed by atoms with E-state index in [1.807, 2.05) is 0 Å². The van der Waals surface area contributed by atoms with E-state index < -0.39 is 0 Å². The van der Waals surface area contributed by atoms with Gasteiger partial charge in [0.15, 0.2) is 0 Å². The van der Waals surface area contributed by atoms with Crippen molar-refractivity contribution in [3.63, 3.8) is 0 Å². The fraction of sp³-hybridized carbons (Fsp3) is 1.00. The Kier molecular flexibility index (Phi) is 8.27. The fourth-order valence-corrected chi connectivity index (χ4v) is 2.50. The number of rotatable bonds is 10. The Bertz CT molecular complexity index is 210. The molecule has 0 fully saturated rings. The summed E-state index contributed by atoms with van der Waals surface area (Å²) < 4.78 is 6.75. The van der Waals surface area contributed by atoms with Crippen LogP contribution in [0, 0.1) is 11.8 Å². The van der Waals surface area contributed by atoms with Crippen LogP contribution in [0.25, 0.3) is 0 Å². The lowest BCUT2D eigenvalue weighted by atomic mass is 9.82. The highest BCUT2D eigenvalue weighted by molar-refractivity contribution is 4.87. The van der Waals surface area contributed by atoms with E-state index in [1.54, 1.807) is 0 Å². The summed E-state index contributed by atoms with van der Waals surface area (Å²) in [5.74, 6) is 1.14. The van der Waals surface area contributed by atoms with Crippen LogP contribution in [-0.4, -0.2) is 11.2 Å². The molecule has 0 spiro atoms. The summed E-state index contributed by atoms with van der Waals surface area (Å²) in [6.07, 6.45) is 7.37. The zero-order valence-electron chi connectivity index (χ0n) is 14.8. The zero-order valence-corrected chi connectivity index (χ0v) is 14.8. The molecule has 0 aliphatic carbocycles. The summed E-state index contributed by atoms with van der Waals surface area (Å²) in [6.45, 7) is 18.4. The third-order valence-corrected chi connectivity index (χ3v) is 4.96. The zero-order chi connectivity index (χ0) is 15.1. The van der Waals surface area contributed by atoms with Gasteiger partial charge in [-0.3, -0.25) is 0 Å². The van der Waals surface area contributed by atoms with Gasteiger partial charge in [0.1, 0.15) is 0 Å². The van der Waals surface area contributed by atoms with Gasteiger partial charge < -0.3 is 4.74 Å². The lowest BCUT2D eigenvalue weighted by Gasteiger charge is -2.45. The summed E-state index contributed by atoms with van der Waals surface area (Å²) in [6, 6.07) is 0. The van der Waals surface area contributed by atoms with Crippen LogP contribution < -0.4 is 0 Å². The van der Waals surface area contributed by atoms with Crippen molar-refractivity contribution in [2.75, 3.05) is 0 Å². The van der Waals surface area contributed by atoms with Crippen LogP contribution in [-0.2, 0) is 4.74 Å². The molecule has 116 valence electrons. The van der Waals surface area contributed by atoms with Crippen molar-refractivity contribution in [1.29, 1.82) is 0 Å². The third-order valence-electron chi connectivity index (χ3n) is 4.96. The van der Waals surface area contributed by atoms with Crippen LogP contribution in [0.1, 0.15) is 93.9 Å². The lowest BCUT2D eigenvalue weighted by Crippen LogP contribution is -2.47. The molecule has 0 rings (SSSR count). The lowest BCUT2D eigenvalue weighted by molar-refractivity contribution is -0.187. The number of unbranched alkanes of at least 4 members (excludes halogenated alkanes) is 2. The molecule has 1 heteroatoms. The average molecular weight is 271 g/mol. The first-order valence-electron chi connectivity index (χ1n) is 8.42. The highest BCUT2D eigenvalue weighted by Crippen LogP contribution is 2.38. The maximum atomic E-state index is 6.75. The van der Waals surface area contributed by atoms with E-state index in [0.717, 1.165) is 0 Å². The Labute approximate surface area is 122 Å². The van der Waals surface area contributed by atoms with Gasteiger partial charge in [0.05, 0.1) is 11.2 Å². The van der Waals surface area contributed by atoms with Gasteiger partial charge in [-0.05, 0) is 38.5 Å². The van der Waals surface area contributed by atoms with E-state index in [4.69, 9.17) is 4.74 Å². The molecule has 0 saturated carbocycles. The van der Waals surface area contributed by atoms with Gasteiger partial charge in [-0.15, -0.1) is 0 Å². The van der Waals surface area contributed by atoms with Crippen LogP contribution in [0.4, 0.5) is 0 Å². The minimum Gasteiger partial charge on any atom is -0.369 e. The summed E-state index contributed by atoms with van der Waals surface area (Å²) in [5, 5.41) is 0. The molecule has 0 aromatic carbocycles. The van der Waals surface area contributed by atoms with Crippen LogP contribution in [0.3, 0.4) is 0 Å². The van der Waals surface area contributed by atoms with Crippen LogP contribution in [0.15, 0.2) is 0 Å². The van der Waals surface area contributed by atoms with E-state index in [2.05, 4.69) is 55.4 Å². The van der Waals surface area contributed by atoms with Gasteiger partial charge >= 0.3 is 0 Å². The smallest absolute Gasteiger partial charge is 0.0684 e. The summed E-state index contributed by atoms with van der Waals surface area (Å²) in [7, 11) is 0. The van der Waals surface area contributed by atoms with Gasteiger partial charge in [-0.2, -0.15) is 0 Å². The SMILES string of the molecule is CCCCC(C)(OC(C)(CCCC)C(C)C)C(C)C. The fourth-order valence-electron chi connectivity index (χ4n) is 2.50. The molecule has 0 bridgehead atoms. The minimum atomic E-state index is 0.0166. The van der Waals surface area contributed by atoms with Crippen molar-refractivity contribution >= 4 is 0 Å². The largest absolute Gasteiger partial charge is 0.369 e. The van der Waals surface area contributed by atoms with Gasteiger partial charge in [0, 0.05) is 0 Å². The van der Waals surface area contributed by atoms with E-state index in [1.165, 1.54) is 38.5 Å². The molecule has 19 heavy (non-hydrogen) atoms. The topological polar surface area (TPSA) is 9.23 Å². The molecule has 0 amide bonds. The quantitative estimate of drug-likeness (QED) is 0.458. The van der Waals surface area contributed by atoms with Gasteiger partial charge in [-0.25, -0.2) is 0 Å². The Morgan fingerprint density at radius 3 is 1.26 bits per heavy atom. The number of hydrogen-bond acceptors (Lipinski definition) is 1. The van der Waals surface area contributed by atoms with Crippen molar-refractivity contribution in [3.05, 3.63) is 0 Å². The van der Waals surface area contributed by atoms with Crippen molar-refractivity contribution in [2.45, 2.75) is 105 Å². The van der Waals surface area contributed by atoms with Gasteiger partial charge in [0.25, 0.3) is 0 Å². The molecule has 0 N–H and O–H groups in total. The summed E-state index contributed by atoms with van der Waals surface area (Å²) in [5.41, 5.74) is 0.0333. The molecule has 0 aliphatic heterocycles. The van der Waals surface area contributed by atoms with Crippen LogP contribution in [0.5, 0.6) is 0 Å². The molecule has 0 aromatic rings. The normalized spacial score (nSPS) is 18.6. The van der Waals surface area contributed by atoms with Crippen molar-refractivity contribution in [3.8, 4) is 0 Å². The second-order valence-corrected chi connectivity index (χ2v) is 7.24. The second-order valence-electron chi connectivity index (χ2n) is 7.24. The Hall–Kier alpha value is -0.0400. The third kappa shape index (κ3) is 5.85. The average Bonchev–Trinajstić information content (AvgIpc) is 2.33. The van der Waals surface area contributed by atoms with Gasteiger partial charge in [0.2, 0.25) is 0 Å². The highest BCUT2D eigenvalue weighted by Gasteiger charge is 2.39. The molecule has 2 atom stereocenters. The van der Waals surface area contributed by atoms with Crippen molar-refractivity contribution in [2.24, 2.45) is 11.8 Å². The van der Waals surface area contributed by atoms with E-state index in [0.29, 0.717) is 11.8 Å². The summed E-state index contributed by atoms with van der Waals surface area (Å²) in [4.78, 5) is 0. The van der Waals surface area contributed by atoms with Crippen LogP contribution in [0.2, 0.25) is 0 Å². The number of hydrogen-bond donors (Lipinski definition) is 0. The Morgan fingerprint density at radius 2 is 1.05 bits per heavy atom. The van der Waals surface area contributed by atoms with Gasteiger partial charge in [-0.1, -0.05) is 67.2 Å². The predicted molar refractivity (Wildman–Crippen MR) is 86.6 cm³/mol. The van der Waals surface area contributed by atoms with E-state index in [-0.39, 0.29) is 11.2 Å². The molecule has 1 nitrogen and oxygen atoms in total. The minimum absolute atomic E-state index is 0.0166. The molecule has 0 radical (unpaired) electrons. The standard InChI is InChI=1S/C18H38O/c1-9-11-13-17(7,15(3)4)19-18(8,16(5)6)14-12-10-2/h15-16H,9-14H2,1-8H3. The van der Waals surface area contributed by atoms with Crippen molar-refractivity contribution in [1.82, 2.24) is 0 Å². The molecule has 0 heterocycles. The highest BCUT2D eigenvalue weighted by atomic mass is 16.5. The molecule has 0 aromatic heterocycles. The maximum Gasteiger partial charge on any atom is 0.0684 e. The molecule has 0 aliphatic rings. The predicted octanol–water partition coefficient (Wildman–Crippen LogP) is 6.21. The van der Waals surface area contributed by atoms with Crippen LogP contribution >= 0.6 is 0 Å². The molecule has 0 saturated heterocycles. The maximum absolute atomic E-state index is 6.75.